The molecule has 0 saturated heterocycles. The van der Waals surface area contributed by atoms with Gasteiger partial charge in [-0.3, -0.25) is 9.59 Å². The first-order valence-electron chi connectivity index (χ1n) is 8.30. The zero-order chi connectivity index (χ0) is 21.8. The van der Waals surface area contributed by atoms with Crippen LogP contribution in [0.3, 0.4) is 0 Å². The molecule has 10 heteroatoms. The average Bonchev–Trinajstić information content (AvgIpc) is 2.66. The molecule has 0 heterocycles. The second kappa shape index (κ2) is 9.15. The fourth-order valence-electron chi connectivity index (χ4n) is 2.55. The minimum absolute atomic E-state index is 0.00941. The Hall–Kier alpha value is -2.78. The van der Waals surface area contributed by atoms with Gasteiger partial charge in [0, 0.05) is 6.42 Å². The van der Waals surface area contributed by atoms with E-state index in [2.05, 4.69) is 5.32 Å². The van der Waals surface area contributed by atoms with Gasteiger partial charge < -0.3 is 20.9 Å². The molecule has 29 heavy (non-hydrogen) atoms. The predicted molar refractivity (Wildman–Crippen MR) is 99.2 cm³/mol. The lowest BCUT2D eigenvalue weighted by Crippen LogP contribution is -2.47. The Bertz CT molecular complexity index is 888. The second-order valence-corrected chi connectivity index (χ2v) is 6.57. The van der Waals surface area contributed by atoms with Crippen LogP contribution in [0.1, 0.15) is 22.8 Å². The maximum Gasteiger partial charge on any atom is 0.416 e. The Labute approximate surface area is 169 Å². The smallest absolute Gasteiger partial charge is 0.416 e. The molecule has 0 spiro atoms. The van der Waals surface area contributed by atoms with Gasteiger partial charge in [-0.2, -0.15) is 13.2 Å². The molecule has 0 fully saturated rings. The van der Waals surface area contributed by atoms with Crippen molar-refractivity contribution in [2.45, 2.75) is 24.7 Å². The Balaban J connectivity index is 2.10. The van der Waals surface area contributed by atoms with E-state index in [0.717, 1.165) is 24.3 Å². The number of hydrogen-bond donors (Lipinski definition) is 3. The van der Waals surface area contributed by atoms with Crippen LogP contribution in [0.25, 0.3) is 0 Å². The Morgan fingerprint density at radius 2 is 1.83 bits per heavy atom. The number of carbonyl (C=O) groups excluding carboxylic acids is 2. The van der Waals surface area contributed by atoms with E-state index in [1.807, 2.05) is 0 Å². The van der Waals surface area contributed by atoms with E-state index in [0.29, 0.717) is 16.3 Å². The van der Waals surface area contributed by atoms with Crippen LogP contribution in [-0.4, -0.2) is 30.1 Å². The van der Waals surface area contributed by atoms with Crippen molar-refractivity contribution in [3.63, 3.8) is 0 Å². The number of aliphatic hydroxyl groups excluding tert-OH is 1. The number of halogens is 4. The number of alkyl halides is 3. The van der Waals surface area contributed by atoms with E-state index >= 15 is 0 Å². The number of nitrogens with one attached hydrogen (secondary N) is 1. The molecule has 0 aliphatic heterocycles. The second-order valence-electron chi connectivity index (χ2n) is 6.16. The Kier molecular flexibility index (Phi) is 7.10. The lowest BCUT2D eigenvalue weighted by atomic mass is 10.0. The summed E-state index contributed by atoms with van der Waals surface area (Å²) in [5, 5.41) is 12.7. The third-order valence-electron chi connectivity index (χ3n) is 4.12. The number of carbonyl (C=O) groups is 2. The van der Waals surface area contributed by atoms with Crippen molar-refractivity contribution in [1.29, 1.82) is 0 Å². The normalized spacial score (nSPS) is 13.4. The lowest BCUT2D eigenvalue weighted by Gasteiger charge is -2.19. The summed E-state index contributed by atoms with van der Waals surface area (Å²) in [5.74, 6) is -1.41. The number of benzene rings is 2. The number of primary amides is 1. The highest BCUT2D eigenvalue weighted by Gasteiger charge is 2.31. The number of nitrogens with two attached hydrogens (primary N) is 1. The van der Waals surface area contributed by atoms with Gasteiger partial charge in [-0.15, -0.1) is 0 Å². The van der Waals surface area contributed by atoms with Crippen LogP contribution in [0.5, 0.6) is 5.75 Å². The number of ether oxygens (including phenoxy) is 1. The highest BCUT2D eigenvalue weighted by molar-refractivity contribution is 6.32. The van der Waals surface area contributed by atoms with Gasteiger partial charge in [-0.1, -0.05) is 29.8 Å². The molecule has 2 atom stereocenters. The molecule has 2 aromatic carbocycles. The molecule has 6 nitrogen and oxygen atoms in total. The van der Waals surface area contributed by atoms with Crippen LogP contribution < -0.4 is 15.8 Å². The molecule has 0 radical (unpaired) electrons. The summed E-state index contributed by atoms with van der Waals surface area (Å²) in [7, 11) is 1.44. The van der Waals surface area contributed by atoms with Crippen molar-refractivity contribution < 1.29 is 32.6 Å². The third-order valence-corrected chi connectivity index (χ3v) is 4.41. The highest BCUT2D eigenvalue weighted by Crippen LogP contribution is 2.30. The molecular weight excluding hydrogens is 413 g/mol. The van der Waals surface area contributed by atoms with Crippen LogP contribution in [0.2, 0.25) is 5.02 Å². The van der Waals surface area contributed by atoms with Gasteiger partial charge in [0.1, 0.15) is 11.8 Å². The first-order valence-corrected chi connectivity index (χ1v) is 8.68. The summed E-state index contributed by atoms with van der Waals surface area (Å²) in [4.78, 5) is 24.0. The number of methoxy groups -OCH3 is 1. The van der Waals surface area contributed by atoms with E-state index in [-0.39, 0.29) is 12.0 Å². The monoisotopic (exact) mass is 430 g/mol. The molecule has 2 aromatic rings. The largest absolute Gasteiger partial charge is 0.495 e. The fraction of sp³-hybridized carbons (Fsp3) is 0.263. The van der Waals surface area contributed by atoms with Crippen LogP contribution in [-0.2, 0) is 22.2 Å². The summed E-state index contributed by atoms with van der Waals surface area (Å²) >= 11 is 6.02. The molecule has 2 amide bonds. The van der Waals surface area contributed by atoms with Crippen LogP contribution in [0.4, 0.5) is 13.2 Å². The molecule has 4 N–H and O–H groups in total. The van der Waals surface area contributed by atoms with Crippen molar-refractivity contribution in [1.82, 2.24) is 5.32 Å². The minimum Gasteiger partial charge on any atom is -0.495 e. The summed E-state index contributed by atoms with van der Waals surface area (Å²) in [6, 6.07) is 7.03. The fourth-order valence-corrected chi connectivity index (χ4v) is 2.83. The van der Waals surface area contributed by atoms with Crippen LogP contribution in [0.15, 0.2) is 42.5 Å². The first-order chi connectivity index (χ1) is 13.5. The number of hydrogen-bond acceptors (Lipinski definition) is 4. The number of amides is 2. The van der Waals surface area contributed by atoms with Gasteiger partial charge in [-0.25, -0.2) is 0 Å². The van der Waals surface area contributed by atoms with E-state index in [1.165, 1.54) is 13.2 Å². The quantitative estimate of drug-likeness (QED) is 0.628. The van der Waals surface area contributed by atoms with Crippen molar-refractivity contribution in [3.8, 4) is 5.75 Å². The maximum absolute atomic E-state index is 12.6. The molecule has 0 aliphatic rings. The molecular formula is C19H18ClF3N2O4. The van der Waals surface area contributed by atoms with Crippen molar-refractivity contribution in [2.75, 3.05) is 7.11 Å². The van der Waals surface area contributed by atoms with E-state index in [9.17, 15) is 27.9 Å². The van der Waals surface area contributed by atoms with Crippen molar-refractivity contribution in [2.24, 2.45) is 5.73 Å². The zero-order valence-electron chi connectivity index (χ0n) is 15.2. The van der Waals surface area contributed by atoms with Gasteiger partial charge >= 0.3 is 6.18 Å². The summed E-state index contributed by atoms with van der Waals surface area (Å²) < 4.78 is 42.9. The van der Waals surface area contributed by atoms with Crippen molar-refractivity contribution >= 4 is 23.4 Å². The topological polar surface area (TPSA) is 102 Å². The molecule has 0 unspecified atom stereocenters. The predicted octanol–water partition coefficient (Wildman–Crippen LogP) is 2.61. The average molecular weight is 431 g/mol. The van der Waals surface area contributed by atoms with Crippen LogP contribution in [0, 0.1) is 0 Å². The zero-order valence-corrected chi connectivity index (χ0v) is 15.9. The maximum atomic E-state index is 12.6. The molecule has 0 aliphatic carbocycles. The minimum atomic E-state index is -4.54. The number of rotatable bonds is 7. The summed E-state index contributed by atoms with van der Waals surface area (Å²) in [6.45, 7) is 0. The molecule has 156 valence electrons. The Morgan fingerprint density at radius 3 is 2.31 bits per heavy atom. The van der Waals surface area contributed by atoms with Crippen molar-refractivity contribution in [3.05, 3.63) is 64.2 Å². The third kappa shape index (κ3) is 5.85. The van der Waals surface area contributed by atoms with Gasteiger partial charge in [0.05, 0.1) is 17.7 Å². The SMILES string of the molecule is COc1ccc(C[C@@H](NC(=O)[C@H](O)c2ccc(C(F)(F)F)cc2)C(N)=O)cc1Cl. The summed E-state index contributed by atoms with van der Waals surface area (Å²) in [6.07, 6.45) is -6.33. The van der Waals surface area contributed by atoms with E-state index in [1.54, 1.807) is 12.1 Å². The van der Waals surface area contributed by atoms with Gasteiger partial charge in [0.15, 0.2) is 6.10 Å². The molecule has 0 saturated carbocycles. The van der Waals surface area contributed by atoms with E-state index in [4.69, 9.17) is 22.1 Å². The van der Waals surface area contributed by atoms with E-state index < -0.39 is 35.7 Å². The van der Waals surface area contributed by atoms with Gasteiger partial charge in [-0.05, 0) is 35.4 Å². The molecule has 0 aromatic heterocycles. The number of aliphatic hydroxyl groups is 1. The summed E-state index contributed by atoms with van der Waals surface area (Å²) in [5.41, 5.74) is 4.91. The Morgan fingerprint density at radius 1 is 1.21 bits per heavy atom. The van der Waals surface area contributed by atoms with Gasteiger partial charge in [0.2, 0.25) is 5.91 Å². The first kappa shape index (κ1) is 22.5. The standard InChI is InChI=1S/C19H18ClF3N2O4/c1-29-15-7-2-10(8-13(15)20)9-14(17(24)27)25-18(28)16(26)11-3-5-12(6-4-11)19(21,22)23/h2-8,14,16,26H,9H2,1H3,(H2,24,27)(H,25,28)/t14-,16-/m1/s1. The highest BCUT2D eigenvalue weighted by atomic mass is 35.5. The molecule has 0 bridgehead atoms. The van der Waals surface area contributed by atoms with Gasteiger partial charge in [0.25, 0.3) is 5.91 Å². The molecule has 2 rings (SSSR count). The lowest BCUT2D eigenvalue weighted by molar-refractivity contribution is -0.137. The van der Waals surface area contributed by atoms with Crippen LogP contribution >= 0.6 is 11.6 Å².